The average Bonchev–Trinajstić information content (AvgIpc) is 2.40. The minimum absolute atomic E-state index is 0.0600. The Kier molecular flexibility index (Phi) is 6.87. The summed E-state index contributed by atoms with van der Waals surface area (Å²) in [7, 11) is 0. The van der Waals surface area contributed by atoms with Gasteiger partial charge in [-0.1, -0.05) is 38.8 Å². The van der Waals surface area contributed by atoms with Crippen molar-refractivity contribution in [3.05, 3.63) is 23.8 Å². The van der Waals surface area contributed by atoms with Gasteiger partial charge >= 0.3 is 6.16 Å². The zero-order valence-corrected chi connectivity index (χ0v) is 12.0. The van der Waals surface area contributed by atoms with Crippen LogP contribution in [-0.4, -0.2) is 23.0 Å². The van der Waals surface area contributed by atoms with E-state index in [-0.39, 0.29) is 17.6 Å². The standard InChI is InChI=1S/C15H22O5/c1-3-5-10-19-12(7-4-2)11-8-6-9-13(14(11)16)20-15(17)18/h6,8-9,12,16H,3-5,7,10H2,1-2H3,(H,17,18). The lowest BCUT2D eigenvalue weighted by molar-refractivity contribution is 0.0424. The number of ether oxygens (including phenoxy) is 2. The van der Waals surface area contributed by atoms with Gasteiger partial charge in [0.05, 0.1) is 6.10 Å². The van der Waals surface area contributed by atoms with Crippen molar-refractivity contribution < 1.29 is 24.5 Å². The molecular formula is C15H22O5. The fourth-order valence-electron chi connectivity index (χ4n) is 1.94. The van der Waals surface area contributed by atoms with E-state index in [1.807, 2.05) is 6.92 Å². The lowest BCUT2D eigenvalue weighted by Gasteiger charge is -2.19. The van der Waals surface area contributed by atoms with Crippen LogP contribution in [0.3, 0.4) is 0 Å². The highest BCUT2D eigenvalue weighted by Gasteiger charge is 2.19. The number of aromatic hydroxyl groups is 1. The third-order valence-corrected chi connectivity index (χ3v) is 2.94. The summed E-state index contributed by atoms with van der Waals surface area (Å²) in [4.78, 5) is 10.6. The second-order valence-electron chi connectivity index (χ2n) is 4.56. The van der Waals surface area contributed by atoms with Gasteiger partial charge in [0.15, 0.2) is 11.5 Å². The molecule has 0 aromatic heterocycles. The van der Waals surface area contributed by atoms with Gasteiger partial charge < -0.3 is 19.7 Å². The van der Waals surface area contributed by atoms with E-state index in [1.165, 1.54) is 6.07 Å². The summed E-state index contributed by atoms with van der Waals surface area (Å²) < 4.78 is 10.3. The molecule has 5 nitrogen and oxygen atoms in total. The summed E-state index contributed by atoms with van der Waals surface area (Å²) in [5.41, 5.74) is 0.571. The summed E-state index contributed by atoms with van der Waals surface area (Å²) >= 11 is 0. The highest BCUT2D eigenvalue weighted by molar-refractivity contribution is 5.63. The molecule has 5 heteroatoms. The van der Waals surface area contributed by atoms with Gasteiger partial charge in [-0.3, -0.25) is 0 Å². The first kappa shape index (κ1) is 16.3. The van der Waals surface area contributed by atoms with E-state index in [9.17, 15) is 9.90 Å². The molecule has 1 unspecified atom stereocenters. The summed E-state index contributed by atoms with van der Waals surface area (Å²) in [5.74, 6) is -0.222. The molecule has 0 amide bonds. The fourth-order valence-corrected chi connectivity index (χ4v) is 1.94. The molecule has 0 aliphatic heterocycles. The zero-order valence-electron chi connectivity index (χ0n) is 12.0. The van der Waals surface area contributed by atoms with Crippen molar-refractivity contribution in [1.29, 1.82) is 0 Å². The van der Waals surface area contributed by atoms with Crippen molar-refractivity contribution in [2.75, 3.05) is 6.61 Å². The number of carboxylic acid groups (broad SMARTS) is 1. The molecule has 0 aliphatic carbocycles. The van der Waals surface area contributed by atoms with Crippen LogP contribution in [0.25, 0.3) is 0 Å². The smallest absolute Gasteiger partial charge is 0.504 e. The number of hydrogen-bond acceptors (Lipinski definition) is 4. The quantitative estimate of drug-likeness (QED) is 0.426. The molecule has 0 spiro atoms. The van der Waals surface area contributed by atoms with Crippen molar-refractivity contribution in [2.45, 2.75) is 45.6 Å². The summed E-state index contributed by atoms with van der Waals surface area (Å²) in [6, 6.07) is 4.80. The lowest BCUT2D eigenvalue weighted by Crippen LogP contribution is -2.08. The molecule has 0 radical (unpaired) electrons. The molecule has 1 aromatic carbocycles. The number of phenols is 1. The van der Waals surface area contributed by atoms with Crippen molar-refractivity contribution in [3.63, 3.8) is 0 Å². The Morgan fingerprint density at radius 3 is 2.65 bits per heavy atom. The highest BCUT2D eigenvalue weighted by Crippen LogP contribution is 2.37. The van der Waals surface area contributed by atoms with Gasteiger partial charge in [0, 0.05) is 12.2 Å². The van der Waals surface area contributed by atoms with Crippen LogP contribution in [0.15, 0.2) is 18.2 Å². The third kappa shape index (κ3) is 4.74. The maximum atomic E-state index is 10.6. The predicted molar refractivity (Wildman–Crippen MR) is 75.3 cm³/mol. The van der Waals surface area contributed by atoms with Crippen molar-refractivity contribution in [1.82, 2.24) is 0 Å². The molecule has 1 aromatic rings. The number of carbonyl (C=O) groups is 1. The first-order valence-electron chi connectivity index (χ1n) is 6.94. The summed E-state index contributed by atoms with van der Waals surface area (Å²) in [6.07, 6.45) is 1.95. The minimum atomic E-state index is -1.45. The second kappa shape index (κ2) is 8.43. The molecule has 1 atom stereocenters. The molecule has 0 saturated heterocycles. The van der Waals surface area contributed by atoms with Gasteiger partial charge in [-0.25, -0.2) is 4.79 Å². The predicted octanol–water partition coefficient (Wildman–Crippen LogP) is 4.11. The Morgan fingerprint density at radius 1 is 1.30 bits per heavy atom. The fraction of sp³-hybridized carbons (Fsp3) is 0.533. The highest BCUT2D eigenvalue weighted by atomic mass is 16.7. The Morgan fingerprint density at radius 2 is 2.05 bits per heavy atom. The number of phenolic OH excluding ortho intramolecular Hbond substituents is 1. The summed E-state index contributed by atoms with van der Waals surface area (Å²) in [5, 5.41) is 18.8. The van der Waals surface area contributed by atoms with Crippen LogP contribution in [0.4, 0.5) is 4.79 Å². The van der Waals surface area contributed by atoms with Crippen molar-refractivity contribution in [3.8, 4) is 11.5 Å². The normalized spacial score (nSPS) is 12.1. The van der Waals surface area contributed by atoms with Crippen molar-refractivity contribution >= 4 is 6.16 Å². The van der Waals surface area contributed by atoms with E-state index < -0.39 is 6.16 Å². The van der Waals surface area contributed by atoms with Crippen LogP contribution >= 0.6 is 0 Å². The lowest BCUT2D eigenvalue weighted by atomic mass is 10.0. The molecule has 0 fully saturated rings. The Labute approximate surface area is 119 Å². The van der Waals surface area contributed by atoms with Crippen LogP contribution in [0, 0.1) is 0 Å². The number of unbranched alkanes of at least 4 members (excludes halogenated alkanes) is 1. The number of hydrogen-bond donors (Lipinski definition) is 2. The summed E-state index contributed by atoms with van der Waals surface area (Å²) in [6.45, 7) is 4.73. The molecule has 0 saturated carbocycles. The monoisotopic (exact) mass is 282 g/mol. The Bertz CT molecular complexity index is 430. The van der Waals surface area contributed by atoms with E-state index >= 15 is 0 Å². The van der Waals surface area contributed by atoms with Crippen molar-refractivity contribution in [2.24, 2.45) is 0 Å². The average molecular weight is 282 g/mol. The number of benzene rings is 1. The van der Waals surface area contributed by atoms with E-state index in [4.69, 9.17) is 9.84 Å². The van der Waals surface area contributed by atoms with Crippen LogP contribution in [-0.2, 0) is 4.74 Å². The van der Waals surface area contributed by atoms with E-state index in [0.29, 0.717) is 12.2 Å². The maximum absolute atomic E-state index is 10.6. The molecule has 0 aliphatic rings. The van der Waals surface area contributed by atoms with Crippen LogP contribution < -0.4 is 4.74 Å². The number of rotatable bonds is 8. The molecule has 2 N–H and O–H groups in total. The molecule has 1 rings (SSSR count). The van der Waals surface area contributed by atoms with E-state index in [2.05, 4.69) is 11.7 Å². The van der Waals surface area contributed by atoms with Gasteiger partial charge in [0.2, 0.25) is 0 Å². The minimum Gasteiger partial charge on any atom is -0.504 e. The van der Waals surface area contributed by atoms with Gasteiger partial charge in [0.1, 0.15) is 0 Å². The Balaban J connectivity index is 2.91. The Hall–Kier alpha value is -1.75. The first-order chi connectivity index (χ1) is 9.60. The van der Waals surface area contributed by atoms with Gasteiger partial charge in [-0.05, 0) is 18.9 Å². The molecule has 0 heterocycles. The van der Waals surface area contributed by atoms with E-state index in [0.717, 1.165) is 25.7 Å². The first-order valence-corrected chi connectivity index (χ1v) is 6.94. The molecular weight excluding hydrogens is 260 g/mol. The second-order valence-corrected chi connectivity index (χ2v) is 4.56. The molecule has 0 bridgehead atoms. The number of para-hydroxylation sites is 1. The molecule has 20 heavy (non-hydrogen) atoms. The maximum Gasteiger partial charge on any atom is 0.511 e. The van der Waals surface area contributed by atoms with Crippen LogP contribution in [0.2, 0.25) is 0 Å². The topological polar surface area (TPSA) is 76.0 Å². The van der Waals surface area contributed by atoms with Crippen LogP contribution in [0.1, 0.15) is 51.2 Å². The largest absolute Gasteiger partial charge is 0.511 e. The zero-order chi connectivity index (χ0) is 15.0. The van der Waals surface area contributed by atoms with Crippen LogP contribution in [0.5, 0.6) is 11.5 Å². The third-order valence-electron chi connectivity index (χ3n) is 2.94. The molecule has 112 valence electrons. The van der Waals surface area contributed by atoms with E-state index in [1.54, 1.807) is 12.1 Å². The van der Waals surface area contributed by atoms with Gasteiger partial charge in [-0.2, -0.15) is 0 Å². The SMILES string of the molecule is CCCCOC(CCC)c1cccc(OC(=O)O)c1O. The van der Waals surface area contributed by atoms with Gasteiger partial charge in [-0.15, -0.1) is 0 Å². The van der Waals surface area contributed by atoms with Gasteiger partial charge in [0.25, 0.3) is 0 Å².